The Morgan fingerprint density at radius 2 is 2.12 bits per heavy atom. The minimum Gasteiger partial charge on any atom is -0.505 e. The molecule has 0 radical (unpaired) electrons. The van der Waals surface area contributed by atoms with E-state index in [0.29, 0.717) is 0 Å². The quantitative estimate of drug-likeness (QED) is 0.779. The fourth-order valence-electron chi connectivity index (χ4n) is 1.31. The fraction of sp³-hybridized carbons (Fsp3) is 0.300. The smallest absolute Gasteiger partial charge is 0.184 e. The van der Waals surface area contributed by atoms with Gasteiger partial charge in [-0.1, -0.05) is 11.6 Å². The van der Waals surface area contributed by atoms with Gasteiger partial charge < -0.3 is 20.3 Å². The summed E-state index contributed by atoms with van der Waals surface area (Å²) in [4.78, 5) is 11.6. The summed E-state index contributed by atoms with van der Waals surface area (Å²) in [7, 11) is 2.76. The number of rotatable bonds is 4. The number of ether oxygens (including phenoxy) is 2. The number of hydrogen-bond acceptors (Lipinski definition) is 5. The number of phenols is 1. The van der Waals surface area contributed by atoms with Crippen LogP contribution < -0.4 is 15.2 Å². The number of ketones is 1. The molecule has 0 aliphatic heterocycles. The Bertz CT molecular complexity index is 420. The van der Waals surface area contributed by atoms with Crippen molar-refractivity contribution in [2.75, 3.05) is 20.8 Å². The van der Waals surface area contributed by atoms with Gasteiger partial charge in [0.25, 0.3) is 0 Å². The standard InChI is InChI=1S/C10H12ClNO4/c1-15-7-3-5(11)9(14)8(6(13)4-12)10(7)16-2/h3,14H,4,12H2,1-2H3. The van der Waals surface area contributed by atoms with Gasteiger partial charge in [0, 0.05) is 6.07 Å². The Labute approximate surface area is 97.7 Å². The number of phenolic OH excluding ortho intramolecular Hbond substituents is 1. The third kappa shape index (κ3) is 2.05. The zero-order valence-corrected chi connectivity index (χ0v) is 9.67. The molecule has 1 aromatic carbocycles. The molecule has 0 bridgehead atoms. The first-order chi connectivity index (χ1) is 7.56. The summed E-state index contributed by atoms with van der Waals surface area (Å²) in [6.45, 7) is -0.257. The van der Waals surface area contributed by atoms with Crippen LogP contribution in [0.5, 0.6) is 17.2 Å². The molecule has 0 fully saturated rings. The zero-order valence-electron chi connectivity index (χ0n) is 8.91. The molecule has 3 N–H and O–H groups in total. The monoisotopic (exact) mass is 245 g/mol. The Morgan fingerprint density at radius 3 is 2.56 bits per heavy atom. The van der Waals surface area contributed by atoms with E-state index in [1.807, 2.05) is 0 Å². The number of carbonyl (C=O) groups excluding carboxylic acids is 1. The first kappa shape index (κ1) is 12.6. The van der Waals surface area contributed by atoms with Crippen LogP contribution in [0.25, 0.3) is 0 Å². The summed E-state index contributed by atoms with van der Waals surface area (Å²) in [5, 5.41) is 9.70. The van der Waals surface area contributed by atoms with Gasteiger partial charge in [0.15, 0.2) is 17.3 Å². The van der Waals surface area contributed by atoms with Crippen molar-refractivity contribution in [2.24, 2.45) is 5.73 Å². The second-order valence-corrected chi connectivity index (χ2v) is 3.35. The van der Waals surface area contributed by atoms with Gasteiger partial charge in [-0.2, -0.15) is 0 Å². The average molecular weight is 246 g/mol. The van der Waals surface area contributed by atoms with E-state index >= 15 is 0 Å². The highest BCUT2D eigenvalue weighted by Crippen LogP contribution is 2.42. The van der Waals surface area contributed by atoms with Crippen molar-refractivity contribution in [3.63, 3.8) is 0 Å². The Morgan fingerprint density at radius 1 is 1.50 bits per heavy atom. The summed E-state index contributed by atoms with van der Waals surface area (Å²) in [5.41, 5.74) is 5.18. The average Bonchev–Trinajstić information content (AvgIpc) is 2.30. The second kappa shape index (κ2) is 5.05. The van der Waals surface area contributed by atoms with E-state index in [9.17, 15) is 9.90 Å². The molecule has 0 amide bonds. The van der Waals surface area contributed by atoms with Crippen LogP contribution in [-0.4, -0.2) is 31.7 Å². The Balaban J connectivity index is 3.53. The summed E-state index contributed by atoms with van der Waals surface area (Å²) >= 11 is 5.75. The Kier molecular flexibility index (Phi) is 3.98. The van der Waals surface area contributed by atoms with Gasteiger partial charge >= 0.3 is 0 Å². The van der Waals surface area contributed by atoms with E-state index in [2.05, 4.69) is 0 Å². The molecule has 0 heterocycles. The highest BCUT2D eigenvalue weighted by Gasteiger charge is 2.23. The zero-order chi connectivity index (χ0) is 12.3. The summed E-state index contributed by atoms with van der Waals surface area (Å²) in [6.07, 6.45) is 0. The molecule has 0 saturated heterocycles. The molecule has 0 unspecified atom stereocenters. The van der Waals surface area contributed by atoms with Crippen molar-refractivity contribution in [1.82, 2.24) is 0 Å². The SMILES string of the molecule is COc1cc(Cl)c(O)c(C(=O)CN)c1OC. The van der Waals surface area contributed by atoms with Gasteiger partial charge in [-0.25, -0.2) is 0 Å². The summed E-state index contributed by atoms with van der Waals surface area (Å²) in [6, 6.07) is 1.36. The molecule has 0 aromatic heterocycles. The van der Waals surface area contributed by atoms with Crippen LogP contribution in [0, 0.1) is 0 Å². The lowest BCUT2D eigenvalue weighted by Crippen LogP contribution is -2.15. The summed E-state index contributed by atoms with van der Waals surface area (Å²) in [5.74, 6) is -0.438. The molecule has 16 heavy (non-hydrogen) atoms. The number of Topliss-reactive ketones (excluding diaryl/α,β-unsaturated/α-hetero) is 1. The topological polar surface area (TPSA) is 81.8 Å². The molecule has 0 aliphatic carbocycles. The van der Waals surface area contributed by atoms with E-state index in [1.165, 1.54) is 20.3 Å². The number of nitrogens with two attached hydrogens (primary N) is 1. The number of benzene rings is 1. The van der Waals surface area contributed by atoms with E-state index in [1.54, 1.807) is 0 Å². The van der Waals surface area contributed by atoms with Crippen molar-refractivity contribution in [3.05, 3.63) is 16.7 Å². The minimum atomic E-state index is -0.477. The molecule has 88 valence electrons. The van der Waals surface area contributed by atoms with Crippen molar-refractivity contribution < 1.29 is 19.4 Å². The fourth-order valence-corrected chi connectivity index (χ4v) is 1.51. The maximum Gasteiger partial charge on any atom is 0.184 e. The molecule has 0 spiro atoms. The maximum atomic E-state index is 11.6. The van der Waals surface area contributed by atoms with Crippen LogP contribution in [-0.2, 0) is 0 Å². The van der Waals surface area contributed by atoms with E-state index < -0.39 is 5.78 Å². The molecule has 5 nitrogen and oxygen atoms in total. The van der Waals surface area contributed by atoms with Crippen molar-refractivity contribution in [3.8, 4) is 17.2 Å². The third-order valence-electron chi connectivity index (χ3n) is 2.06. The number of hydrogen-bond donors (Lipinski definition) is 2. The molecular weight excluding hydrogens is 234 g/mol. The number of methoxy groups -OCH3 is 2. The lowest BCUT2D eigenvalue weighted by Gasteiger charge is -2.14. The number of carbonyl (C=O) groups is 1. The number of aromatic hydroxyl groups is 1. The van der Waals surface area contributed by atoms with Crippen LogP contribution in [0.1, 0.15) is 10.4 Å². The van der Waals surface area contributed by atoms with Crippen LogP contribution >= 0.6 is 11.6 Å². The predicted octanol–water partition coefficient (Wildman–Crippen LogP) is 1.20. The van der Waals surface area contributed by atoms with Gasteiger partial charge in [-0.05, 0) is 0 Å². The summed E-state index contributed by atoms with van der Waals surface area (Å²) < 4.78 is 10.00. The van der Waals surface area contributed by atoms with Crippen molar-refractivity contribution in [2.45, 2.75) is 0 Å². The predicted molar refractivity (Wildman–Crippen MR) is 59.6 cm³/mol. The normalized spacial score (nSPS) is 10.0. The van der Waals surface area contributed by atoms with Crippen LogP contribution in [0.3, 0.4) is 0 Å². The van der Waals surface area contributed by atoms with Crippen LogP contribution in [0.15, 0.2) is 6.07 Å². The molecule has 1 aromatic rings. The molecule has 0 saturated carbocycles. The van der Waals surface area contributed by atoms with Crippen LogP contribution in [0.2, 0.25) is 5.02 Å². The van der Waals surface area contributed by atoms with Crippen molar-refractivity contribution in [1.29, 1.82) is 0 Å². The molecular formula is C10H12ClNO4. The van der Waals surface area contributed by atoms with Gasteiger partial charge in [0.05, 0.1) is 25.8 Å². The van der Waals surface area contributed by atoms with Gasteiger partial charge in [0.1, 0.15) is 11.3 Å². The first-order valence-corrected chi connectivity index (χ1v) is 4.81. The molecule has 0 aliphatic rings. The van der Waals surface area contributed by atoms with Gasteiger partial charge in [-0.15, -0.1) is 0 Å². The minimum absolute atomic E-state index is 0.00875. The van der Waals surface area contributed by atoms with E-state index in [-0.39, 0.29) is 34.4 Å². The maximum absolute atomic E-state index is 11.6. The van der Waals surface area contributed by atoms with E-state index in [0.717, 1.165) is 0 Å². The first-order valence-electron chi connectivity index (χ1n) is 4.43. The molecule has 0 atom stereocenters. The van der Waals surface area contributed by atoms with E-state index in [4.69, 9.17) is 26.8 Å². The molecule has 1 rings (SSSR count). The third-order valence-corrected chi connectivity index (χ3v) is 2.35. The Hall–Kier alpha value is -1.46. The lowest BCUT2D eigenvalue weighted by molar-refractivity contribution is 0.0995. The number of halogens is 1. The molecule has 6 heteroatoms. The van der Waals surface area contributed by atoms with Crippen LogP contribution in [0.4, 0.5) is 0 Å². The second-order valence-electron chi connectivity index (χ2n) is 2.94. The largest absolute Gasteiger partial charge is 0.505 e. The highest BCUT2D eigenvalue weighted by atomic mass is 35.5. The van der Waals surface area contributed by atoms with Crippen molar-refractivity contribution >= 4 is 17.4 Å². The van der Waals surface area contributed by atoms with Gasteiger partial charge in [0.2, 0.25) is 0 Å². The van der Waals surface area contributed by atoms with Gasteiger partial charge in [-0.3, -0.25) is 4.79 Å². The highest BCUT2D eigenvalue weighted by molar-refractivity contribution is 6.33. The lowest BCUT2D eigenvalue weighted by atomic mass is 10.1.